The second-order valence-corrected chi connectivity index (χ2v) is 5.49. The maximum atomic E-state index is 12.0. The van der Waals surface area contributed by atoms with E-state index in [9.17, 15) is 14.7 Å². The third-order valence-electron chi connectivity index (χ3n) is 3.54. The summed E-state index contributed by atoms with van der Waals surface area (Å²) in [6.07, 6.45) is 2.76. The third kappa shape index (κ3) is 4.47. The van der Waals surface area contributed by atoms with Gasteiger partial charge in [-0.3, -0.25) is 4.79 Å². The zero-order chi connectivity index (χ0) is 14.5. The van der Waals surface area contributed by atoms with Crippen LogP contribution in [0.4, 0.5) is 0 Å². The van der Waals surface area contributed by atoms with Gasteiger partial charge in [-0.15, -0.1) is 0 Å². The van der Waals surface area contributed by atoms with Crippen LogP contribution in [0.2, 0.25) is 0 Å². The molecule has 0 bridgehead atoms. The first-order valence-corrected chi connectivity index (χ1v) is 6.76. The van der Waals surface area contributed by atoms with Crippen molar-refractivity contribution in [2.45, 2.75) is 51.1 Å². The van der Waals surface area contributed by atoms with Gasteiger partial charge in [-0.05, 0) is 19.8 Å². The van der Waals surface area contributed by atoms with Gasteiger partial charge in [-0.1, -0.05) is 13.3 Å². The molecule has 0 aliphatic carbocycles. The van der Waals surface area contributed by atoms with Crippen molar-refractivity contribution in [2.24, 2.45) is 11.7 Å². The highest BCUT2D eigenvalue weighted by atomic mass is 16.5. The molecule has 4 N–H and O–H groups in total. The summed E-state index contributed by atoms with van der Waals surface area (Å²) in [5.74, 6) is -1.46. The summed E-state index contributed by atoms with van der Waals surface area (Å²) in [5, 5.41) is 11.9. The van der Waals surface area contributed by atoms with Crippen LogP contribution < -0.4 is 11.1 Å². The van der Waals surface area contributed by atoms with Crippen LogP contribution in [-0.4, -0.2) is 41.8 Å². The molecule has 1 saturated heterocycles. The van der Waals surface area contributed by atoms with Gasteiger partial charge >= 0.3 is 5.97 Å². The van der Waals surface area contributed by atoms with Crippen LogP contribution in [0.1, 0.15) is 39.5 Å². The molecule has 1 aliphatic heterocycles. The van der Waals surface area contributed by atoms with E-state index in [1.165, 1.54) is 0 Å². The van der Waals surface area contributed by atoms with Crippen molar-refractivity contribution in [1.29, 1.82) is 0 Å². The van der Waals surface area contributed by atoms with E-state index in [0.717, 1.165) is 12.8 Å². The number of hydrogen-bond acceptors (Lipinski definition) is 4. The molecule has 110 valence electrons. The molecule has 0 saturated carbocycles. The summed E-state index contributed by atoms with van der Waals surface area (Å²) in [4.78, 5) is 23.3. The van der Waals surface area contributed by atoms with Crippen molar-refractivity contribution in [3.63, 3.8) is 0 Å². The van der Waals surface area contributed by atoms with E-state index in [-0.39, 0.29) is 24.5 Å². The Morgan fingerprint density at radius 2 is 2.11 bits per heavy atom. The summed E-state index contributed by atoms with van der Waals surface area (Å²) in [7, 11) is 0. The van der Waals surface area contributed by atoms with E-state index in [0.29, 0.717) is 19.4 Å². The first-order valence-electron chi connectivity index (χ1n) is 6.76. The SMILES string of the molecule is CC(N)CCCC(C)C(=O)NC1(C(=O)O)CCOC1. The van der Waals surface area contributed by atoms with Gasteiger partial charge in [0.25, 0.3) is 0 Å². The Morgan fingerprint density at radius 1 is 1.42 bits per heavy atom. The fraction of sp³-hybridized carbons (Fsp3) is 0.846. The zero-order valence-corrected chi connectivity index (χ0v) is 11.6. The highest BCUT2D eigenvalue weighted by molar-refractivity contribution is 5.88. The minimum atomic E-state index is -1.24. The smallest absolute Gasteiger partial charge is 0.331 e. The molecular weight excluding hydrogens is 248 g/mol. The topological polar surface area (TPSA) is 102 Å². The Hall–Kier alpha value is -1.14. The van der Waals surface area contributed by atoms with Gasteiger partial charge in [0, 0.05) is 25.0 Å². The fourth-order valence-corrected chi connectivity index (χ4v) is 2.12. The quantitative estimate of drug-likeness (QED) is 0.626. The first kappa shape index (κ1) is 15.9. The van der Waals surface area contributed by atoms with E-state index >= 15 is 0 Å². The lowest BCUT2D eigenvalue weighted by Gasteiger charge is -2.25. The van der Waals surface area contributed by atoms with Crippen molar-refractivity contribution in [3.8, 4) is 0 Å². The van der Waals surface area contributed by atoms with Crippen LogP contribution in [0.25, 0.3) is 0 Å². The standard InChI is InChI=1S/C13H24N2O4/c1-9(4-3-5-10(2)14)11(16)15-13(12(17)18)6-7-19-8-13/h9-10H,3-8,14H2,1-2H3,(H,15,16)(H,17,18). The van der Waals surface area contributed by atoms with E-state index in [2.05, 4.69) is 5.32 Å². The summed E-state index contributed by atoms with van der Waals surface area (Å²) in [5.41, 5.74) is 4.41. The van der Waals surface area contributed by atoms with Crippen molar-refractivity contribution in [2.75, 3.05) is 13.2 Å². The molecular formula is C13H24N2O4. The number of amides is 1. The predicted molar refractivity (Wildman–Crippen MR) is 70.6 cm³/mol. The number of nitrogens with two attached hydrogens (primary N) is 1. The van der Waals surface area contributed by atoms with Gasteiger partial charge < -0.3 is 20.9 Å². The second-order valence-electron chi connectivity index (χ2n) is 5.49. The number of carboxylic acid groups (broad SMARTS) is 1. The number of nitrogens with one attached hydrogen (secondary N) is 1. The molecule has 0 radical (unpaired) electrons. The molecule has 0 aromatic rings. The van der Waals surface area contributed by atoms with Gasteiger partial charge in [-0.25, -0.2) is 4.79 Å². The number of hydrogen-bond donors (Lipinski definition) is 3. The van der Waals surface area contributed by atoms with Gasteiger partial charge in [-0.2, -0.15) is 0 Å². The highest BCUT2D eigenvalue weighted by Gasteiger charge is 2.44. The first-order chi connectivity index (χ1) is 8.87. The van der Waals surface area contributed by atoms with Crippen molar-refractivity contribution in [1.82, 2.24) is 5.32 Å². The van der Waals surface area contributed by atoms with Gasteiger partial charge in [0.1, 0.15) is 0 Å². The summed E-state index contributed by atoms with van der Waals surface area (Å²) in [6.45, 7) is 4.15. The van der Waals surface area contributed by atoms with Crippen molar-refractivity contribution >= 4 is 11.9 Å². The fourth-order valence-electron chi connectivity index (χ4n) is 2.12. The monoisotopic (exact) mass is 272 g/mol. The number of aliphatic carboxylic acids is 1. The van der Waals surface area contributed by atoms with Crippen LogP contribution >= 0.6 is 0 Å². The van der Waals surface area contributed by atoms with Crippen LogP contribution in [0.15, 0.2) is 0 Å². The predicted octanol–water partition coefficient (Wildman–Crippen LogP) is 0.500. The number of carbonyl (C=O) groups excluding carboxylic acids is 1. The molecule has 6 nitrogen and oxygen atoms in total. The van der Waals surface area contributed by atoms with E-state index in [4.69, 9.17) is 10.5 Å². The lowest BCUT2D eigenvalue weighted by Crippen LogP contribution is -2.56. The number of carboxylic acids is 1. The van der Waals surface area contributed by atoms with Gasteiger partial charge in [0.2, 0.25) is 5.91 Å². The minimum absolute atomic E-state index is 0.0423. The Bertz CT molecular complexity index is 325. The summed E-state index contributed by atoms with van der Waals surface area (Å²) >= 11 is 0. The second kappa shape index (κ2) is 6.86. The van der Waals surface area contributed by atoms with E-state index in [1.807, 2.05) is 13.8 Å². The molecule has 0 aromatic heterocycles. The highest BCUT2D eigenvalue weighted by Crippen LogP contribution is 2.20. The molecule has 3 atom stereocenters. The average Bonchev–Trinajstić information content (AvgIpc) is 2.78. The Balaban J connectivity index is 2.46. The largest absolute Gasteiger partial charge is 0.479 e. The number of carbonyl (C=O) groups is 2. The van der Waals surface area contributed by atoms with Crippen molar-refractivity contribution < 1.29 is 19.4 Å². The number of ether oxygens (including phenoxy) is 1. The van der Waals surface area contributed by atoms with Crippen LogP contribution in [0.3, 0.4) is 0 Å². The Labute approximate surface area is 113 Å². The van der Waals surface area contributed by atoms with Crippen LogP contribution in [0, 0.1) is 5.92 Å². The third-order valence-corrected chi connectivity index (χ3v) is 3.54. The average molecular weight is 272 g/mol. The van der Waals surface area contributed by atoms with Crippen LogP contribution in [0.5, 0.6) is 0 Å². The summed E-state index contributed by atoms with van der Waals surface area (Å²) in [6, 6.07) is 0.129. The Kier molecular flexibility index (Phi) is 5.75. The maximum Gasteiger partial charge on any atom is 0.331 e. The minimum Gasteiger partial charge on any atom is -0.479 e. The zero-order valence-electron chi connectivity index (χ0n) is 11.6. The number of rotatable bonds is 7. The molecule has 1 rings (SSSR count). The molecule has 1 heterocycles. The van der Waals surface area contributed by atoms with Gasteiger partial charge in [0.05, 0.1) is 6.61 Å². The molecule has 19 heavy (non-hydrogen) atoms. The maximum absolute atomic E-state index is 12.0. The van der Waals surface area contributed by atoms with Crippen molar-refractivity contribution in [3.05, 3.63) is 0 Å². The van der Waals surface area contributed by atoms with Gasteiger partial charge in [0.15, 0.2) is 5.54 Å². The Morgan fingerprint density at radius 3 is 2.58 bits per heavy atom. The molecule has 1 aliphatic rings. The molecule has 0 aromatic carbocycles. The molecule has 0 spiro atoms. The molecule has 3 unspecified atom stereocenters. The normalized spacial score (nSPS) is 25.8. The molecule has 1 fully saturated rings. The molecule has 6 heteroatoms. The van der Waals surface area contributed by atoms with Crippen LogP contribution in [-0.2, 0) is 14.3 Å². The summed E-state index contributed by atoms with van der Waals surface area (Å²) < 4.78 is 5.10. The van der Waals surface area contributed by atoms with E-state index < -0.39 is 11.5 Å². The molecule has 1 amide bonds. The lowest BCUT2D eigenvalue weighted by molar-refractivity contribution is -0.148. The lowest BCUT2D eigenvalue weighted by atomic mass is 9.95. The van der Waals surface area contributed by atoms with E-state index in [1.54, 1.807) is 0 Å².